The van der Waals surface area contributed by atoms with Crippen molar-refractivity contribution in [3.63, 3.8) is 0 Å². The van der Waals surface area contributed by atoms with Crippen LogP contribution >= 0.6 is 22.9 Å². The molecule has 33 heavy (non-hydrogen) atoms. The molecule has 1 N–H and O–H groups in total. The minimum absolute atomic E-state index is 0.0790. The van der Waals surface area contributed by atoms with Crippen LogP contribution in [0.3, 0.4) is 0 Å². The number of hydrogen-bond donors (Lipinski definition) is 1. The number of Topliss-reactive ketones (excluding diaryl/α,β-unsaturated/α-hetero) is 2. The first-order valence-electron chi connectivity index (χ1n) is 9.92. The first-order valence-corrected chi connectivity index (χ1v) is 11.1. The Hall–Kier alpha value is -3.49. The summed E-state index contributed by atoms with van der Waals surface area (Å²) in [4.78, 5) is 44.3. The molecule has 168 valence electrons. The van der Waals surface area contributed by atoms with Gasteiger partial charge >= 0.3 is 5.91 Å². The highest BCUT2D eigenvalue weighted by Gasteiger charge is 2.48. The fourth-order valence-electron chi connectivity index (χ4n) is 3.71. The highest BCUT2D eigenvalue weighted by Crippen LogP contribution is 2.44. The smallest absolute Gasteiger partial charge is 0.301 e. The zero-order valence-corrected chi connectivity index (χ0v) is 19.5. The van der Waals surface area contributed by atoms with E-state index in [2.05, 4.69) is 4.98 Å². The van der Waals surface area contributed by atoms with Crippen LogP contribution in [-0.2, 0) is 9.59 Å². The Morgan fingerprint density at radius 2 is 1.76 bits per heavy atom. The van der Waals surface area contributed by atoms with Crippen molar-refractivity contribution in [2.45, 2.75) is 19.9 Å². The summed E-state index contributed by atoms with van der Waals surface area (Å²) in [5.41, 5.74) is 1.30. The molecule has 0 saturated carbocycles. The van der Waals surface area contributed by atoms with Crippen LogP contribution < -0.4 is 9.64 Å². The lowest BCUT2D eigenvalue weighted by Crippen LogP contribution is -2.29. The third-order valence-electron chi connectivity index (χ3n) is 5.30. The number of thiazole rings is 1. The summed E-state index contributed by atoms with van der Waals surface area (Å²) in [5.74, 6) is -1.61. The van der Waals surface area contributed by atoms with Crippen molar-refractivity contribution < 1.29 is 24.2 Å². The van der Waals surface area contributed by atoms with Gasteiger partial charge in [-0.2, -0.15) is 0 Å². The number of halogens is 1. The van der Waals surface area contributed by atoms with Crippen LogP contribution in [0.5, 0.6) is 5.75 Å². The van der Waals surface area contributed by atoms with E-state index in [4.69, 9.17) is 16.3 Å². The van der Waals surface area contributed by atoms with E-state index in [1.54, 1.807) is 55.5 Å². The Morgan fingerprint density at radius 3 is 2.30 bits per heavy atom. The highest BCUT2D eigenvalue weighted by atomic mass is 35.5. The highest BCUT2D eigenvalue weighted by molar-refractivity contribution is 7.18. The van der Waals surface area contributed by atoms with Gasteiger partial charge in [0.15, 0.2) is 10.9 Å². The minimum Gasteiger partial charge on any atom is -0.507 e. The lowest BCUT2D eigenvalue weighted by atomic mass is 9.95. The molecule has 0 bridgehead atoms. The average molecular weight is 483 g/mol. The molecule has 1 fully saturated rings. The van der Waals surface area contributed by atoms with Crippen LogP contribution in [0, 0.1) is 6.92 Å². The first-order chi connectivity index (χ1) is 15.7. The van der Waals surface area contributed by atoms with Gasteiger partial charge in [0.25, 0.3) is 5.78 Å². The molecule has 1 aliphatic heterocycles. The molecule has 0 spiro atoms. The number of anilines is 1. The van der Waals surface area contributed by atoms with Gasteiger partial charge in [-0.15, -0.1) is 0 Å². The number of ketones is 2. The molecule has 9 heteroatoms. The van der Waals surface area contributed by atoms with Crippen molar-refractivity contribution in [3.05, 3.63) is 80.8 Å². The summed E-state index contributed by atoms with van der Waals surface area (Å²) in [6.45, 7) is 3.08. The molecule has 1 amide bonds. The van der Waals surface area contributed by atoms with Crippen molar-refractivity contribution in [2.24, 2.45) is 0 Å². The first kappa shape index (κ1) is 22.7. The standard InChI is InChI=1S/C24H19ClN2O5S/c1-12-22(13(2)28)33-24(26-12)27-19(14-4-8-16(25)9-5-14)18(21(30)23(27)31)20(29)15-6-10-17(32-3)11-7-15/h4-11,19,29H,1-3H3/b20-18-. The number of rotatable bonds is 5. The number of methoxy groups -OCH3 is 1. The van der Waals surface area contributed by atoms with Gasteiger partial charge in [0.1, 0.15) is 11.5 Å². The van der Waals surface area contributed by atoms with Crippen molar-refractivity contribution >= 4 is 51.3 Å². The summed E-state index contributed by atoms with van der Waals surface area (Å²) in [6, 6.07) is 12.2. The van der Waals surface area contributed by atoms with Crippen molar-refractivity contribution in [1.82, 2.24) is 4.98 Å². The number of ether oxygens (including phenoxy) is 1. The van der Waals surface area contributed by atoms with Crippen LogP contribution in [0.4, 0.5) is 5.13 Å². The van der Waals surface area contributed by atoms with Gasteiger partial charge in [0.2, 0.25) is 0 Å². The van der Waals surface area contributed by atoms with E-state index in [-0.39, 0.29) is 22.2 Å². The van der Waals surface area contributed by atoms with E-state index in [0.717, 1.165) is 11.3 Å². The molecule has 2 aromatic carbocycles. The second-order valence-electron chi connectivity index (χ2n) is 7.42. The van der Waals surface area contributed by atoms with Gasteiger partial charge in [-0.05, 0) is 48.9 Å². The van der Waals surface area contributed by atoms with E-state index in [1.807, 2.05) is 0 Å². The second kappa shape index (κ2) is 8.80. The predicted molar refractivity (Wildman–Crippen MR) is 126 cm³/mol. The lowest BCUT2D eigenvalue weighted by molar-refractivity contribution is -0.132. The largest absolute Gasteiger partial charge is 0.507 e. The van der Waals surface area contributed by atoms with Crippen molar-refractivity contribution in [2.75, 3.05) is 12.0 Å². The minimum atomic E-state index is -0.949. The van der Waals surface area contributed by atoms with E-state index in [1.165, 1.54) is 18.9 Å². The SMILES string of the molecule is COc1ccc(/C(O)=C2/C(=O)C(=O)N(c3nc(C)c(C(C)=O)s3)C2c2ccc(Cl)cc2)cc1. The quantitative estimate of drug-likeness (QED) is 0.239. The maximum atomic E-state index is 13.2. The van der Waals surface area contributed by atoms with E-state index in [9.17, 15) is 19.5 Å². The molecular weight excluding hydrogens is 464 g/mol. The lowest BCUT2D eigenvalue weighted by Gasteiger charge is -2.23. The number of carbonyl (C=O) groups excluding carboxylic acids is 3. The molecule has 1 atom stereocenters. The number of aliphatic hydroxyl groups is 1. The third kappa shape index (κ3) is 4.03. The molecule has 1 unspecified atom stereocenters. The number of amides is 1. The fourth-order valence-corrected chi connectivity index (χ4v) is 4.82. The molecule has 1 aromatic heterocycles. The molecule has 3 aromatic rings. The number of benzene rings is 2. The number of carbonyl (C=O) groups is 3. The zero-order valence-electron chi connectivity index (χ0n) is 18.0. The van der Waals surface area contributed by atoms with Crippen LogP contribution in [-0.4, -0.2) is 34.7 Å². The Labute approximate surface area is 198 Å². The van der Waals surface area contributed by atoms with Crippen molar-refractivity contribution in [3.8, 4) is 5.75 Å². The summed E-state index contributed by atoms with van der Waals surface area (Å²) < 4.78 is 5.15. The maximum Gasteiger partial charge on any atom is 0.301 e. The summed E-state index contributed by atoms with van der Waals surface area (Å²) >= 11 is 7.08. The number of aromatic nitrogens is 1. The van der Waals surface area contributed by atoms with Crippen molar-refractivity contribution in [1.29, 1.82) is 0 Å². The number of hydrogen-bond acceptors (Lipinski definition) is 7. The molecular formula is C24H19ClN2O5S. The van der Waals surface area contributed by atoms with Gasteiger partial charge in [-0.1, -0.05) is 35.1 Å². The molecule has 2 heterocycles. The third-order valence-corrected chi connectivity index (χ3v) is 6.81. The van der Waals surface area contributed by atoms with E-state index >= 15 is 0 Å². The second-order valence-corrected chi connectivity index (χ2v) is 8.83. The van der Waals surface area contributed by atoms with E-state index in [0.29, 0.717) is 32.5 Å². The summed E-state index contributed by atoms with van der Waals surface area (Å²) in [7, 11) is 1.52. The van der Waals surface area contributed by atoms with Gasteiger partial charge in [0.05, 0.1) is 29.3 Å². The number of nitrogens with zero attached hydrogens (tertiary/aromatic N) is 2. The van der Waals surface area contributed by atoms with Gasteiger partial charge in [-0.25, -0.2) is 4.98 Å². The molecule has 7 nitrogen and oxygen atoms in total. The van der Waals surface area contributed by atoms with Crippen LogP contribution in [0.15, 0.2) is 54.1 Å². The summed E-state index contributed by atoms with van der Waals surface area (Å²) in [5, 5.41) is 11.8. The fraction of sp³-hybridized carbons (Fsp3) is 0.167. The number of aliphatic hydroxyl groups excluding tert-OH is 1. The Kier molecular flexibility index (Phi) is 6.05. The topological polar surface area (TPSA) is 96.8 Å². The van der Waals surface area contributed by atoms with Gasteiger partial charge < -0.3 is 9.84 Å². The zero-order chi connectivity index (χ0) is 23.9. The van der Waals surface area contributed by atoms with Crippen LogP contribution in [0.2, 0.25) is 5.02 Å². The maximum absolute atomic E-state index is 13.2. The molecule has 1 aliphatic rings. The average Bonchev–Trinajstić information content (AvgIpc) is 3.31. The van der Waals surface area contributed by atoms with Gasteiger partial charge in [0, 0.05) is 17.5 Å². The Balaban J connectivity index is 1.92. The van der Waals surface area contributed by atoms with Gasteiger partial charge in [-0.3, -0.25) is 19.3 Å². The van der Waals surface area contributed by atoms with Crippen LogP contribution in [0.1, 0.15) is 39.5 Å². The Morgan fingerprint density at radius 1 is 1.12 bits per heavy atom. The normalized spacial score (nSPS) is 17.5. The predicted octanol–water partition coefficient (Wildman–Crippen LogP) is 4.94. The molecule has 0 radical (unpaired) electrons. The molecule has 1 saturated heterocycles. The van der Waals surface area contributed by atoms with E-state index < -0.39 is 17.7 Å². The number of aryl methyl sites for hydroxylation is 1. The monoisotopic (exact) mass is 482 g/mol. The Bertz CT molecular complexity index is 1300. The summed E-state index contributed by atoms with van der Waals surface area (Å²) in [6.07, 6.45) is 0. The molecule has 0 aliphatic carbocycles. The molecule has 4 rings (SSSR count). The van der Waals surface area contributed by atoms with Crippen LogP contribution in [0.25, 0.3) is 5.76 Å².